The quantitative estimate of drug-likeness (QED) is 0.745. The maximum Gasteiger partial charge on any atom is 0.327 e. The SMILES string of the molecule is CCOC(=O)C(NCC1CC1)c1ccc(CC(C)C)cc1. The molecule has 0 heterocycles. The van der Waals surface area contributed by atoms with E-state index in [1.54, 1.807) is 0 Å². The molecule has 21 heavy (non-hydrogen) atoms. The normalized spacial score (nSPS) is 16.0. The van der Waals surface area contributed by atoms with Gasteiger partial charge in [-0.2, -0.15) is 0 Å². The fourth-order valence-electron chi connectivity index (χ4n) is 2.49. The van der Waals surface area contributed by atoms with E-state index in [0.717, 1.165) is 24.4 Å². The smallest absolute Gasteiger partial charge is 0.327 e. The molecule has 0 radical (unpaired) electrons. The van der Waals surface area contributed by atoms with Gasteiger partial charge in [0.1, 0.15) is 6.04 Å². The molecule has 0 bridgehead atoms. The molecule has 116 valence electrons. The van der Waals surface area contributed by atoms with Gasteiger partial charge in [-0.15, -0.1) is 0 Å². The van der Waals surface area contributed by atoms with E-state index >= 15 is 0 Å². The highest BCUT2D eigenvalue weighted by molar-refractivity contribution is 5.77. The minimum Gasteiger partial charge on any atom is -0.465 e. The average Bonchev–Trinajstić information content (AvgIpc) is 3.24. The summed E-state index contributed by atoms with van der Waals surface area (Å²) in [6.07, 6.45) is 3.62. The molecule has 1 saturated carbocycles. The second kappa shape index (κ2) is 7.60. The second-order valence-corrected chi connectivity index (χ2v) is 6.38. The van der Waals surface area contributed by atoms with E-state index in [1.165, 1.54) is 18.4 Å². The predicted octanol–water partition coefficient (Wildman–Crippen LogP) is 3.49. The lowest BCUT2D eigenvalue weighted by atomic mass is 9.99. The van der Waals surface area contributed by atoms with Crippen LogP contribution in [0.25, 0.3) is 0 Å². The molecular weight excluding hydrogens is 262 g/mol. The molecule has 0 amide bonds. The van der Waals surface area contributed by atoms with E-state index in [0.29, 0.717) is 12.5 Å². The number of hydrogen-bond acceptors (Lipinski definition) is 3. The van der Waals surface area contributed by atoms with Crippen LogP contribution in [0.15, 0.2) is 24.3 Å². The Kier molecular flexibility index (Phi) is 5.80. The zero-order valence-corrected chi connectivity index (χ0v) is 13.4. The highest BCUT2D eigenvalue weighted by atomic mass is 16.5. The summed E-state index contributed by atoms with van der Waals surface area (Å²) < 4.78 is 5.20. The van der Waals surface area contributed by atoms with Crippen molar-refractivity contribution in [1.29, 1.82) is 0 Å². The summed E-state index contributed by atoms with van der Waals surface area (Å²) in [6.45, 7) is 7.60. The lowest BCUT2D eigenvalue weighted by Crippen LogP contribution is -2.31. The van der Waals surface area contributed by atoms with Gasteiger partial charge in [-0.05, 0) is 55.7 Å². The van der Waals surface area contributed by atoms with Gasteiger partial charge in [0.15, 0.2) is 0 Å². The summed E-state index contributed by atoms with van der Waals surface area (Å²) in [5.41, 5.74) is 2.32. The van der Waals surface area contributed by atoms with Crippen LogP contribution in [0.4, 0.5) is 0 Å². The van der Waals surface area contributed by atoms with Gasteiger partial charge in [0.05, 0.1) is 6.61 Å². The fourth-order valence-corrected chi connectivity index (χ4v) is 2.49. The van der Waals surface area contributed by atoms with Gasteiger partial charge in [-0.3, -0.25) is 0 Å². The number of hydrogen-bond donors (Lipinski definition) is 1. The predicted molar refractivity (Wildman–Crippen MR) is 85.1 cm³/mol. The van der Waals surface area contributed by atoms with E-state index in [9.17, 15) is 4.79 Å². The van der Waals surface area contributed by atoms with Crippen LogP contribution in [-0.2, 0) is 16.0 Å². The Hall–Kier alpha value is -1.35. The molecule has 2 rings (SSSR count). The van der Waals surface area contributed by atoms with Crippen LogP contribution in [0.2, 0.25) is 0 Å². The van der Waals surface area contributed by atoms with Crippen LogP contribution in [0.1, 0.15) is 50.8 Å². The summed E-state index contributed by atoms with van der Waals surface area (Å²) in [5.74, 6) is 1.21. The molecule has 1 N–H and O–H groups in total. The highest BCUT2D eigenvalue weighted by Crippen LogP contribution is 2.29. The lowest BCUT2D eigenvalue weighted by molar-refractivity contribution is -0.145. The van der Waals surface area contributed by atoms with Gasteiger partial charge >= 0.3 is 5.97 Å². The molecule has 0 spiro atoms. The Morgan fingerprint density at radius 3 is 2.48 bits per heavy atom. The molecule has 1 aliphatic carbocycles. The first-order valence-corrected chi connectivity index (χ1v) is 8.09. The van der Waals surface area contributed by atoms with E-state index in [2.05, 4.69) is 43.4 Å². The maximum absolute atomic E-state index is 12.2. The number of carbonyl (C=O) groups excluding carboxylic acids is 1. The number of benzene rings is 1. The van der Waals surface area contributed by atoms with Crippen molar-refractivity contribution < 1.29 is 9.53 Å². The summed E-state index contributed by atoms with van der Waals surface area (Å²) >= 11 is 0. The number of carbonyl (C=O) groups is 1. The summed E-state index contributed by atoms with van der Waals surface area (Å²) in [4.78, 5) is 12.2. The largest absolute Gasteiger partial charge is 0.465 e. The van der Waals surface area contributed by atoms with Gasteiger partial charge in [0.2, 0.25) is 0 Å². The second-order valence-electron chi connectivity index (χ2n) is 6.38. The number of ether oxygens (including phenoxy) is 1. The van der Waals surface area contributed by atoms with E-state index in [-0.39, 0.29) is 12.0 Å². The molecule has 1 aliphatic rings. The van der Waals surface area contributed by atoms with Crippen LogP contribution < -0.4 is 5.32 Å². The number of nitrogens with one attached hydrogen (secondary N) is 1. The molecule has 0 aromatic heterocycles. The van der Waals surface area contributed by atoms with Gasteiger partial charge in [0.25, 0.3) is 0 Å². The average molecular weight is 289 g/mol. The van der Waals surface area contributed by atoms with Crippen molar-refractivity contribution in [3.63, 3.8) is 0 Å². The van der Waals surface area contributed by atoms with Crippen LogP contribution in [-0.4, -0.2) is 19.1 Å². The van der Waals surface area contributed by atoms with Crippen molar-refractivity contribution in [1.82, 2.24) is 5.32 Å². The van der Waals surface area contributed by atoms with Crippen LogP contribution in [0.3, 0.4) is 0 Å². The minimum atomic E-state index is -0.335. The Morgan fingerprint density at radius 1 is 1.29 bits per heavy atom. The molecule has 1 fully saturated rings. The van der Waals surface area contributed by atoms with Crippen molar-refractivity contribution in [3.05, 3.63) is 35.4 Å². The molecule has 1 aromatic rings. The lowest BCUT2D eigenvalue weighted by Gasteiger charge is -2.18. The molecule has 3 nitrogen and oxygen atoms in total. The highest BCUT2D eigenvalue weighted by Gasteiger charge is 2.26. The first-order valence-electron chi connectivity index (χ1n) is 8.09. The van der Waals surface area contributed by atoms with Crippen molar-refractivity contribution in [2.24, 2.45) is 11.8 Å². The number of rotatable bonds is 8. The maximum atomic E-state index is 12.2. The Balaban J connectivity index is 2.04. The van der Waals surface area contributed by atoms with Crippen LogP contribution in [0, 0.1) is 11.8 Å². The third-order valence-corrected chi connectivity index (χ3v) is 3.79. The van der Waals surface area contributed by atoms with Crippen molar-refractivity contribution in [3.8, 4) is 0 Å². The van der Waals surface area contributed by atoms with E-state index in [1.807, 2.05) is 6.92 Å². The summed E-state index contributed by atoms with van der Waals surface area (Å²) in [6, 6.07) is 8.03. The molecular formula is C18H27NO2. The molecule has 3 heteroatoms. The minimum absolute atomic E-state index is 0.172. The summed E-state index contributed by atoms with van der Waals surface area (Å²) in [5, 5.41) is 3.37. The molecule has 0 saturated heterocycles. The van der Waals surface area contributed by atoms with Crippen molar-refractivity contribution in [2.45, 2.75) is 46.1 Å². The van der Waals surface area contributed by atoms with Gasteiger partial charge in [-0.25, -0.2) is 4.79 Å². The first-order chi connectivity index (χ1) is 10.1. The number of esters is 1. The van der Waals surface area contributed by atoms with Gasteiger partial charge in [0, 0.05) is 0 Å². The first kappa shape index (κ1) is 16.0. The van der Waals surface area contributed by atoms with Crippen LogP contribution >= 0.6 is 0 Å². The Morgan fingerprint density at radius 2 is 1.95 bits per heavy atom. The fraction of sp³-hybridized carbons (Fsp3) is 0.611. The Labute approximate surface area is 128 Å². The standard InChI is InChI=1S/C18H27NO2/c1-4-21-18(20)17(19-12-15-5-6-15)16-9-7-14(8-10-16)11-13(2)3/h7-10,13,15,17,19H,4-6,11-12H2,1-3H3. The molecule has 1 atom stereocenters. The molecule has 0 aliphatic heterocycles. The zero-order valence-electron chi connectivity index (χ0n) is 13.4. The zero-order chi connectivity index (χ0) is 15.2. The van der Waals surface area contributed by atoms with Crippen LogP contribution in [0.5, 0.6) is 0 Å². The van der Waals surface area contributed by atoms with Gasteiger partial charge < -0.3 is 10.1 Å². The van der Waals surface area contributed by atoms with Crippen molar-refractivity contribution in [2.75, 3.05) is 13.2 Å². The topological polar surface area (TPSA) is 38.3 Å². The van der Waals surface area contributed by atoms with E-state index in [4.69, 9.17) is 4.74 Å². The van der Waals surface area contributed by atoms with Gasteiger partial charge in [-0.1, -0.05) is 38.1 Å². The monoisotopic (exact) mass is 289 g/mol. The summed E-state index contributed by atoms with van der Waals surface area (Å²) in [7, 11) is 0. The Bertz CT molecular complexity index is 449. The third kappa shape index (κ3) is 5.16. The third-order valence-electron chi connectivity index (χ3n) is 3.79. The van der Waals surface area contributed by atoms with E-state index < -0.39 is 0 Å². The molecule has 1 unspecified atom stereocenters. The molecule has 1 aromatic carbocycles. The van der Waals surface area contributed by atoms with Crippen molar-refractivity contribution >= 4 is 5.97 Å².